The van der Waals surface area contributed by atoms with Crippen molar-refractivity contribution in [3.63, 3.8) is 0 Å². The summed E-state index contributed by atoms with van der Waals surface area (Å²) in [5.74, 6) is 3.04. The van der Waals surface area contributed by atoms with Crippen molar-refractivity contribution < 1.29 is 4.79 Å². The maximum atomic E-state index is 12.4. The predicted molar refractivity (Wildman–Crippen MR) is 77.5 cm³/mol. The van der Waals surface area contributed by atoms with Gasteiger partial charge in [0.05, 0.1) is 12.4 Å². The van der Waals surface area contributed by atoms with Crippen LogP contribution in [0, 0.1) is 17.8 Å². The number of nitrogens with zero attached hydrogens (tertiary/aromatic N) is 3. The third-order valence-electron chi connectivity index (χ3n) is 4.85. The maximum Gasteiger partial charge on any atom is 0.273 e. The van der Waals surface area contributed by atoms with E-state index in [4.69, 9.17) is 0 Å². The largest absolute Gasteiger partial charge is 0.372 e. The minimum Gasteiger partial charge on any atom is -0.372 e. The van der Waals surface area contributed by atoms with Crippen LogP contribution in [0.4, 0.5) is 5.82 Å². The zero-order chi connectivity index (χ0) is 14.1. The van der Waals surface area contributed by atoms with Gasteiger partial charge in [-0.15, -0.1) is 0 Å². The highest BCUT2D eigenvalue weighted by Crippen LogP contribution is 2.48. The Balaban J connectivity index is 1.64. The zero-order valence-electron chi connectivity index (χ0n) is 12.2. The van der Waals surface area contributed by atoms with Crippen LogP contribution >= 0.6 is 0 Å². The Labute approximate surface area is 119 Å². The number of anilines is 1. The van der Waals surface area contributed by atoms with Crippen LogP contribution in [0.15, 0.2) is 12.4 Å². The summed E-state index contributed by atoms with van der Waals surface area (Å²) in [4.78, 5) is 22.5. The van der Waals surface area contributed by atoms with Crippen LogP contribution in [0.25, 0.3) is 0 Å². The Morgan fingerprint density at radius 3 is 2.90 bits per heavy atom. The summed E-state index contributed by atoms with van der Waals surface area (Å²) in [6, 6.07) is 0. The van der Waals surface area contributed by atoms with E-state index in [9.17, 15) is 4.79 Å². The molecule has 0 aromatic carbocycles. The second kappa shape index (κ2) is 5.38. The first-order valence-corrected chi connectivity index (χ1v) is 7.42. The Bertz CT molecular complexity index is 504. The fourth-order valence-electron chi connectivity index (χ4n) is 3.82. The van der Waals surface area contributed by atoms with E-state index < -0.39 is 0 Å². The van der Waals surface area contributed by atoms with Crippen LogP contribution in [0.1, 0.15) is 36.2 Å². The van der Waals surface area contributed by atoms with E-state index >= 15 is 0 Å². The van der Waals surface area contributed by atoms with E-state index in [2.05, 4.69) is 15.3 Å². The number of fused-ring (bicyclic) bond motifs is 2. The molecule has 108 valence electrons. The summed E-state index contributed by atoms with van der Waals surface area (Å²) in [5, 5.41) is 2.91. The first-order chi connectivity index (χ1) is 9.67. The Kier molecular flexibility index (Phi) is 3.59. The third kappa shape index (κ3) is 2.49. The third-order valence-corrected chi connectivity index (χ3v) is 4.85. The van der Waals surface area contributed by atoms with E-state index in [1.807, 2.05) is 11.9 Å². The fourth-order valence-corrected chi connectivity index (χ4v) is 3.82. The highest BCUT2D eigenvalue weighted by Gasteiger charge is 2.40. The Morgan fingerprint density at radius 1 is 1.40 bits per heavy atom. The topological polar surface area (TPSA) is 58.1 Å². The van der Waals surface area contributed by atoms with Crippen LogP contribution in [0.5, 0.6) is 0 Å². The van der Waals surface area contributed by atoms with Crippen LogP contribution in [-0.2, 0) is 0 Å². The molecule has 3 atom stereocenters. The van der Waals surface area contributed by atoms with Crippen molar-refractivity contribution in [2.45, 2.75) is 25.7 Å². The molecule has 1 aromatic rings. The summed E-state index contributed by atoms with van der Waals surface area (Å²) >= 11 is 0. The van der Waals surface area contributed by atoms with Crippen molar-refractivity contribution in [2.75, 3.05) is 26.0 Å². The van der Waals surface area contributed by atoms with Crippen molar-refractivity contribution >= 4 is 11.7 Å². The summed E-state index contributed by atoms with van der Waals surface area (Å²) in [6.45, 7) is 0.853. The smallest absolute Gasteiger partial charge is 0.273 e. The number of hydrogen-bond acceptors (Lipinski definition) is 4. The quantitative estimate of drug-likeness (QED) is 0.912. The molecule has 2 saturated carbocycles. The molecule has 3 unspecified atom stereocenters. The van der Waals surface area contributed by atoms with Gasteiger partial charge in [0.1, 0.15) is 11.5 Å². The highest BCUT2D eigenvalue weighted by molar-refractivity contribution is 5.92. The van der Waals surface area contributed by atoms with Gasteiger partial charge in [0, 0.05) is 20.6 Å². The van der Waals surface area contributed by atoms with Crippen molar-refractivity contribution in [3.8, 4) is 0 Å². The lowest BCUT2D eigenvalue weighted by atomic mass is 9.88. The number of aromatic nitrogens is 2. The van der Waals surface area contributed by atoms with E-state index in [0.29, 0.717) is 17.4 Å². The van der Waals surface area contributed by atoms with E-state index in [0.717, 1.165) is 18.4 Å². The molecular weight excluding hydrogens is 252 g/mol. The highest BCUT2D eigenvalue weighted by atomic mass is 16.2. The number of carbonyl (C=O) groups excluding carboxylic acids is 1. The minimum absolute atomic E-state index is 0.0302. The molecular formula is C15H22N4O. The summed E-state index contributed by atoms with van der Waals surface area (Å²) in [5.41, 5.74) is 0.419. The molecule has 2 bridgehead atoms. The molecule has 2 aliphatic carbocycles. The van der Waals surface area contributed by atoms with Crippen LogP contribution in [0.2, 0.25) is 0 Å². The van der Waals surface area contributed by atoms with Gasteiger partial charge in [-0.3, -0.25) is 9.78 Å². The fraction of sp³-hybridized carbons (Fsp3) is 0.667. The van der Waals surface area contributed by atoms with Crippen LogP contribution in [0.3, 0.4) is 0 Å². The van der Waals surface area contributed by atoms with Gasteiger partial charge in [0.25, 0.3) is 5.91 Å². The molecule has 5 nitrogen and oxygen atoms in total. The number of hydrogen-bond donors (Lipinski definition) is 1. The average molecular weight is 274 g/mol. The van der Waals surface area contributed by atoms with E-state index in [1.54, 1.807) is 19.4 Å². The summed E-state index contributed by atoms with van der Waals surface area (Å²) in [6.07, 6.45) is 8.58. The first-order valence-electron chi connectivity index (χ1n) is 7.42. The molecule has 0 spiro atoms. The first kappa shape index (κ1) is 13.3. The Morgan fingerprint density at radius 2 is 2.25 bits per heavy atom. The second-order valence-electron chi connectivity index (χ2n) is 6.16. The number of rotatable bonds is 4. The monoisotopic (exact) mass is 274 g/mol. The molecule has 5 heteroatoms. The molecule has 1 aromatic heterocycles. The van der Waals surface area contributed by atoms with Crippen molar-refractivity contribution in [1.29, 1.82) is 0 Å². The van der Waals surface area contributed by atoms with Gasteiger partial charge < -0.3 is 10.2 Å². The van der Waals surface area contributed by atoms with Crippen LogP contribution in [-0.4, -0.2) is 41.4 Å². The van der Waals surface area contributed by atoms with E-state index in [-0.39, 0.29) is 5.91 Å². The van der Waals surface area contributed by atoms with Crippen molar-refractivity contribution in [1.82, 2.24) is 14.9 Å². The lowest BCUT2D eigenvalue weighted by Gasteiger charge is -2.27. The molecule has 0 aliphatic heterocycles. The second-order valence-corrected chi connectivity index (χ2v) is 6.16. The van der Waals surface area contributed by atoms with Gasteiger partial charge in [0.15, 0.2) is 0 Å². The van der Waals surface area contributed by atoms with Gasteiger partial charge >= 0.3 is 0 Å². The standard InChI is InChI=1S/C15H22N4O/c1-16-14-8-17-7-13(18-14)15(20)19(2)9-12-6-10-3-4-11(12)5-10/h7-8,10-12H,3-6,9H2,1-2H3,(H,16,18). The Hall–Kier alpha value is -1.65. The van der Waals surface area contributed by atoms with Gasteiger partial charge in [-0.25, -0.2) is 4.98 Å². The molecule has 0 radical (unpaired) electrons. The number of amides is 1. The molecule has 1 N–H and O–H groups in total. The molecule has 2 fully saturated rings. The molecule has 20 heavy (non-hydrogen) atoms. The molecule has 1 heterocycles. The SMILES string of the molecule is CNc1cncc(C(=O)N(C)CC2CC3CCC2C3)n1. The minimum atomic E-state index is -0.0302. The summed E-state index contributed by atoms with van der Waals surface area (Å²) in [7, 11) is 3.65. The molecule has 0 saturated heterocycles. The number of carbonyl (C=O) groups is 1. The molecule has 2 aliphatic rings. The van der Waals surface area contributed by atoms with Crippen molar-refractivity contribution in [3.05, 3.63) is 18.1 Å². The van der Waals surface area contributed by atoms with Gasteiger partial charge in [-0.2, -0.15) is 0 Å². The lowest BCUT2D eigenvalue weighted by molar-refractivity contribution is 0.0748. The average Bonchev–Trinajstić information content (AvgIpc) is 3.09. The maximum absolute atomic E-state index is 12.4. The lowest BCUT2D eigenvalue weighted by Crippen LogP contribution is -2.34. The number of nitrogens with one attached hydrogen (secondary N) is 1. The predicted octanol–water partition coefficient (Wildman–Crippen LogP) is 2.03. The van der Waals surface area contributed by atoms with Gasteiger partial charge in [-0.05, 0) is 37.0 Å². The molecule has 1 amide bonds. The van der Waals surface area contributed by atoms with Crippen molar-refractivity contribution in [2.24, 2.45) is 17.8 Å². The van der Waals surface area contributed by atoms with Gasteiger partial charge in [0.2, 0.25) is 0 Å². The normalized spacial score (nSPS) is 27.6. The van der Waals surface area contributed by atoms with Crippen LogP contribution < -0.4 is 5.32 Å². The summed E-state index contributed by atoms with van der Waals surface area (Å²) < 4.78 is 0. The molecule has 3 rings (SSSR count). The van der Waals surface area contributed by atoms with E-state index in [1.165, 1.54) is 25.7 Å². The van der Waals surface area contributed by atoms with Gasteiger partial charge in [-0.1, -0.05) is 6.42 Å². The zero-order valence-corrected chi connectivity index (χ0v) is 12.2.